The van der Waals surface area contributed by atoms with Crippen LogP contribution >= 0.6 is 0 Å². The molecule has 0 aromatic carbocycles. The summed E-state index contributed by atoms with van der Waals surface area (Å²) in [5.41, 5.74) is 0.656. The minimum Gasteiger partial charge on any atom is -0.468 e. The lowest BCUT2D eigenvalue weighted by Crippen LogP contribution is -2.55. The van der Waals surface area contributed by atoms with Crippen LogP contribution < -0.4 is 0 Å². The Morgan fingerprint density at radius 2 is 2.41 bits per heavy atom. The van der Waals surface area contributed by atoms with E-state index in [1.54, 1.807) is 0 Å². The van der Waals surface area contributed by atoms with Gasteiger partial charge in [-0.05, 0) is 19.2 Å². The van der Waals surface area contributed by atoms with Gasteiger partial charge in [0.15, 0.2) is 0 Å². The summed E-state index contributed by atoms with van der Waals surface area (Å²) < 4.78 is 10.0. The first-order valence-electron chi connectivity index (χ1n) is 5.63. The molecule has 94 valence electrons. The number of aromatic amines is 1. The predicted octanol–water partition coefficient (Wildman–Crippen LogP) is 0.636. The van der Waals surface area contributed by atoms with Gasteiger partial charge in [-0.15, -0.1) is 0 Å². The van der Waals surface area contributed by atoms with Crippen molar-refractivity contribution in [1.82, 2.24) is 9.88 Å². The van der Waals surface area contributed by atoms with Gasteiger partial charge in [0, 0.05) is 25.0 Å². The first kappa shape index (κ1) is 12.1. The van der Waals surface area contributed by atoms with E-state index in [1.807, 2.05) is 25.4 Å². The molecular formula is C12H18N2O3. The van der Waals surface area contributed by atoms with Crippen LogP contribution in [0.3, 0.4) is 0 Å². The van der Waals surface area contributed by atoms with Gasteiger partial charge in [0.2, 0.25) is 0 Å². The fourth-order valence-corrected chi connectivity index (χ4v) is 2.17. The molecule has 1 aromatic rings. The van der Waals surface area contributed by atoms with Crippen LogP contribution in [-0.4, -0.2) is 49.8 Å². The van der Waals surface area contributed by atoms with E-state index in [9.17, 15) is 4.79 Å². The predicted molar refractivity (Wildman–Crippen MR) is 62.4 cm³/mol. The van der Waals surface area contributed by atoms with Gasteiger partial charge in [-0.1, -0.05) is 0 Å². The summed E-state index contributed by atoms with van der Waals surface area (Å²) in [5.74, 6) is -0.179. The van der Waals surface area contributed by atoms with Gasteiger partial charge < -0.3 is 14.5 Å². The lowest BCUT2D eigenvalue weighted by molar-refractivity contribution is -0.186. The number of aromatic nitrogens is 1. The van der Waals surface area contributed by atoms with E-state index in [2.05, 4.69) is 9.88 Å². The molecule has 0 amide bonds. The summed E-state index contributed by atoms with van der Waals surface area (Å²) in [6, 6.07) is 3.99. The minimum absolute atomic E-state index is 0.179. The molecule has 5 heteroatoms. The first-order chi connectivity index (χ1) is 8.16. The van der Waals surface area contributed by atoms with E-state index < -0.39 is 5.41 Å². The van der Waals surface area contributed by atoms with Gasteiger partial charge in [-0.25, -0.2) is 0 Å². The average Bonchev–Trinajstić information content (AvgIpc) is 2.75. The fraction of sp³-hybridized carbons (Fsp3) is 0.583. The number of rotatable bonds is 5. The fourth-order valence-electron chi connectivity index (χ4n) is 2.17. The number of carbonyl (C=O) groups excluding carboxylic acids is 1. The zero-order valence-electron chi connectivity index (χ0n) is 10.2. The third-order valence-electron chi connectivity index (χ3n) is 3.05. The zero-order chi connectivity index (χ0) is 12.3. The minimum atomic E-state index is -0.476. The summed E-state index contributed by atoms with van der Waals surface area (Å²) in [5, 5.41) is 0. The summed E-state index contributed by atoms with van der Waals surface area (Å²) in [4.78, 5) is 17.0. The van der Waals surface area contributed by atoms with Crippen LogP contribution in [0.15, 0.2) is 18.3 Å². The Hall–Kier alpha value is -1.33. The molecule has 1 N–H and O–H groups in total. The second kappa shape index (κ2) is 4.89. The molecule has 0 radical (unpaired) electrons. The van der Waals surface area contributed by atoms with Crippen molar-refractivity contribution >= 4 is 5.97 Å². The lowest BCUT2D eigenvalue weighted by Gasteiger charge is -2.40. The number of hydrogen-bond acceptors (Lipinski definition) is 4. The number of nitrogens with one attached hydrogen (secondary N) is 1. The number of esters is 1. The average molecular weight is 238 g/mol. The van der Waals surface area contributed by atoms with Crippen LogP contribution in [0.4, 0.5) is 0 Å². The Morgan fingerprint density at radius 1 is 1.65 bits per heavy atom. The molecule has 2 heterocycles. The van der Waals surface area contributed by atoms with Crippen LogP contribution in [-0.2, 0) is 20.8 Å². The van der Waals surface area contributed by atoms with Crippen LogP contribution in [0, 0.1) is 5.41 Å². The highest BCUT2D eigenvalue weighted by Crippen LogP contribution is 2.30. The maximum Gasteiger partial charge on any atom is 0.317 e. The Morgan fingerprint density at radius 3 is 2.88 bits per heavy atom. The van der Waals surface area contributed by atoms with E-state index in [4.69, 9.17) is 9.47 Å². The number of methoxy groups -OCH3 is 1. The van der Waals surface area contributed by atoms with E-state index in [-0.39, 0.29) is 5.97 Å². The van der Waals surface area contributed by atoms with Crippen molar-refractivity contribution in [3.05, 3.63) is 24.0 Å². The summed E-state index contributed by atoms with van der Waals surface area (Å²) >= 11 is 0. The molecule has 0 saturated carbocycles. The van der Waals surface area contributed by atoms with Crippen molar-refractivity contribution < 1.29 is 14.3 Å². The highest BCUT2D eigenvalue weighted by molar-refractivity contribution is 5.78. The Balaban J connectivity index is 1.92. The van der Waals surface area contributed by atoms with Crippen LogP contribution in [0.25, 0.3) is 0 Å². The van der Waals surface area contributed by atoms with E-state index in [1.165, 1.54) is 7.11 Å². The Bertz CT molecular complexity index is 371. The first-order valence-corrected chi connectivity index (χ1v) is 5.63. The largest absolute Gasteiger partial charge is 0.468 e. The summed E-state index contributed by atoms with van der Waals surface area (Å²) in [6.45, 7) is 2.34. The molecule has 2 rings (SSSR count). The number of hydrogen-bond donors (Lipinski definition) is 1. The molecule has 0 bridgehead atoms. The van der Waals surface area contributed by atoms with E-state index in [0.29, 0.717) is 19.8 Å². The smallest absolute Gasteiger partial charge is 0.317 e. The molecule has 1 fully saturated rings. The van der Waals surface area contributed by atoms with Crippen molar-refractivity contribution in [3.63, 3.8) is 0 Å². The van der Waals surface area contributed by atoms with Crippen molar-refractivity contribution in [2.24, 2.45) is 5.41 Å². The standard InChI is InChI=1S/C12H18N2O3/c1-14(6-10-4-3-5-13-10)7-12(8-17-9-12)11(15)16-2/h3-5,13H,6-9H2,1-2H3. The zero-order valence-corrected chi connectivity index (χ0v) is 10.2. The topological polar surface area (TPSA) is 54.6 Å². The number of nitrogens with zero attached hydrogens (tertiary/aromatic N) is 1. The van der Waals surface area contributed by atoms with E-state index >= 15 is 0 Å². The summed E-state index contributed by atoms with van der Waals surface area (Å²) in [6.07, 6.45) is 1.89. The highest BCUT2D eigenvalue weighted by Gasteiger charge is 2.47. The third-order valence-corrected chi connectivity index (χ3v) is 3.05. The van der Waals surface area contributed by atoms with Crippen LogP contribution in [0.5, 0.6) is 0 Å². The quantitative estimate of drug-likeness (QED) is 0.765. The molecule has 0 spiro atoms. The van der Waals surface area contributed by atoms with Crippen molar-refractivity contribution in [2.75, 3.05) is 33.9 Å². The molecule has 1 aliphatic heterocycles. The molecule has 5 nitrogen and oxygen atoms in total. The Labute approximate surface area is 101 Å². The molecule has 17 heavy (non-hydrogen) atoms. The van der Waals surface area contributed by atoms with Gasteiger partial charge in [0.05, 0.1) is 20.3 Å². The van der Waals surface area contributed by atoms with Gasteiger partial charge in [-0.2, -0.15) is 0 Å². The molecule has 1 aromatic heterocycles. The maximum atomic E-state index is 11.7. The van der Waals surface area contributed by atoms with Crippen LogP contribution in [0.2, 0.25) is 0 Å². The molecular weight excluding hydrogens is 220 g/mol. The van der Waals surface area contributed by atoms with Gasteiger partial charge in [-0.3, -0.25) is 9.69 Å². The van der Waals surface area contributed by atoms with Gasteiger partial charge in [0.25, 0.3) is 0 Å². The lowest BCUT2D eigenvalue weighted by atomic mass is 9.85. The summed E-state index contributed by atoms with van der Waals surface area (Å²) in [7, 11) is 3.41. The number of ether oxygens (including phenoxy) is 2. The molecule has 1 saturated heterocycles. The van der Waals surface area contributed by atoms with Crippen molar-refractivity contribution in [2.45, 2.75) is 6.54 Å². The highest BCUT2D eigenvalue weighted by atomic mass is 16.5. The normalized spacial score (nSPS) is 17.8. The number of carbonyl (C=O) groups is 1. The molecule has 0 atom stereocenters. The second-order valence-electron chi connectivity index (χ2n) is 4.63. The van der Waals surface area contributed by atoms with E-state index in [0.717, 1.165) is 12.2 Å². The SMILES string of the molecule is COC(=O)C1(CN(C)Cc2ccc[nH]2)COC1. The molecule has 0 aliphatic carbocycles. The van der Waals surface area contributed by atoms with Crippen molar-refractivity contribution in [1.29, 1.82) is 0 Å². The Kier molecular flexibility index (Phi) is 3.49. The van der Waals surface area contributed by atoms with Gasteiger partial charge >= 0.3 is 5.97 Å². The van der Waals surface area contributed by atoms with Gasteiger partial charge in [0.1, 0.15) is 5.41 Å². The maximum absolute atomic E-state index is 11.7. The molecule has 1 aliphatic rings. The number of H-pyrrole nitrogens is 1. The monoisotopic (exact) mass is 238 g/mol. The second-order valence-corrected chi connectivity index (χ2v) is 4.63. The van der Waals surface area contributed by atoms with Crippen molar-refractivity contribution in [3.8, 4) is 0 Å². The van der Waals surface area contributed by atoms with Crippen LogP contribution in [0.1, 0.15) is 5.69 Å². The third kappa shape index (κ3) is 2.50. The molecule has 0 unspecified atom stereocenters.